The number of amides is 1. The number of nitrogens with zero attached hydrogens (tertiary/aromatic N) is 1. The summed E-state index contributed by atoms with van der Waals surface area (Å²) in [5.41, 5.74) is 2.16. The molecule has 0 unspecified atom stereocenters. The minimum absolute atomic E-state index is 0.106. The van der Waals surface area contributed by atoms with Gasteiger partial charge in [0.25, 0.3) is 5.91 Å². The van der Waals surface area contributed by atoms with E-state index in [1.54, 1.807) is 12.1 Å². The van der Waals surface area contributed by atoms with Crippen LogP contribution >= 0.6 is 11.3 Å². The second-order valence-corrected chi connectivity index (χ2v) is 7.60. The molecular formula is C19H20N2O2S. The lowest BCUT2D eigenvalue weighted by molar-refractivity contribution is -0.112. The summed E-state index contributed by atoms with van der Waals surface area (Å²) in [4.78, 5) is 13.0. The molecule has 24 heavy (non-hydrogen) atoms. The molecule has 0 atom stereocenters. The van der Waals surface area contributed by atoms with Gasteiger partial charge in [-0.25, -0.2) is 0 Å². The van der Waals surface area contributed by atoms with E-state index in [1.807, 2.05) is 6.07 Å². The lowest BCUT2D eigenvalue weighted by Crippen LogP contribution is -2.13. The van der Waals surface area contributed by atoms with Gasteiger partial charge in [0.05, 0.1) is 5.00 Å². The van der Waals surface area contributed by atoms with Gasteiger partial charge in [0, 0.05) is 4.88 Å². The number of hydrogen-bond acceptors (Lipinski definition) is 4. The number of allylic oxidation sites excluding steroid dienone is 1. The fourth-order valence-electron chi connectivity index (χ4n) is 2.17. The third-order valence-corrected chi connectivity index (χ3v) is 4.63. The first kappa shape index (κ1) is 17.8. The number of anilines is 1. The molecule has 2 rings (SSSR count). The Labute approximate surface area is 146 Å². The monoisotopic (exact) mass is 340 g/mol. The average molecular weight is 340 g/mol. The number of nitriles is 1. The van der Waals surface area contributed by atoms with E-state index in [9.17, 15) is 9.90 Å². The zero-order valence-corrected chi connectivity index (χ0v) is 15.0. The number of carbonyl (C=O) groups is 1. The van der Waals surface area contributed by atoms with Gasteiger partial charge in [0.2, 0.25) is 0 Å². The Morgan fingerprint density at radius 1 is 1.17 bits per heavy atom. The standard InChI is InChI=1S/C19H20N2O2S/c1-12(22)15(11-20)18(23)21-17-10-9-16(24-17)13-5-7-14(8-6-13)19(2,3)4/h5-10,22H,1-4H3,(H,21,23). The first-order chi connectivity index (χ1) is 11.2. The Balaban J connectivity index is 2.18. The second kappa shape index (κ2) is 6.90. The predicted octanol–water partition coefficient (Wildman–Crippen LogP) is 5.01. The Kier molecular flexibility index (Phi) is 5.10. The molecule has 0 fully saturated rings. The summed E-state index contributed by atoms with van der Waals surface area (Å²) >= 11 is 1.42. The average Bonchev–Trinajstić information content (AvgIpc) is 2.95. The van der Waals surface area contributed by atoms with E-state index in [-0.39, 0.29) is 16.7 Å². The Morgan fingerprint density at radius 2 is 1.79 bits per heavy atom. The van der Waals surface area contributed by atoms with Crippen molar-refractivity contribution >= 4 is 22.2 Å². The highest BCUT2D eigenvalue weighted by atomic mass is 32.1. The van der Waals surface area contributed by atoms with Crippen molar-refractivity contribution in [3.63, 3.8) is 0 Å². The molecule has 1 aromatic carbocycles. The van der Waals surface area contributed by atoms with Crippen LogP contribution in [0.2, 0.25) is 0 Å². The summed E-state index contributed by atoms with van der Waals surface area (Å²) in [5.74, 6) is -0.890. The molecule has 0 radical (unpaired) electrons. The van der Waals surface area contributed by atoms with Gasteiger partial charge in [-0.3, -0.25) is 4.79 Å². The van der Waals surface area contributed by atoms with Gasteiger partial charge in [-0.2, -0.15) is 5.26 Å². The van der Waals surface area contributed by atoms with Crippen LogP contribution in [0.3, 0.4) is 0 Å². The highest BCUT2D eigenvalue weighted by molar-refractivity contribution is 7.19. The first-order valence-corrected chi connectivity index (χ1v) is 8.36. The quantitative estimate of drug-likeness (QED) is 0.469. The number of nitrogens with one attached hydrogen (secondary N) is 1. The summed E-state index contributed by atoms with van der Waals surface area (Å²) in [6.45, 7) is 7.83. The van der Waals surface area contributed by atoms with Crippen molar-refractivity contribution in [3.8, 4) is 16.5 Å². The molecular weight excluding hydrogens is 320 g/mol. The summed E-state index contributed by atoms with van der Waals surface area (Å²) in [6, 6.07) is 13.8. The van der Waals surface area contributed by atoms with Crippen LogP contribution in [-0.4, -0.2) is 11.0 Å². The van der Waals surface area contributed by atoms with Crippen molar-refractivity contribution in [2.24, 2.45) is 0 Å². The number of benzene rings is 1. The molecule has 0 aliphatic rings. The third-order valence-electron chi connectivity index (χ3n) is 3.58. The van der Waals surface area contributed by atoms with Crippen LogP contribution in [0.5, 0.6) is 0 Å². The molecule has 2 aromatic rings. The molecule has 0 aliphatic heterocycles. The Morgan fingerprint density at radius 3 is 2.29 bits per heavy atom. The van der Waals surface area contributed by atoms with E-state index in [4.69, 9.17) is 5.26 Å². The maximum atomic E-state index is 11.9. The van der Waals surface area contributed by atoms with Crippen molar-refractivity contribution in [3.05, 3.63) is 53.3 Å². The topological polar surface area (TPSA) is 73.1 Å². The fourth-order valence-corrected chi connectivity index (χ4v) is 3.07. The van der Waals surface area contributed by atoms with Gasteiger partial charge < -0.3 is 10.4 Å². The smallest absolute Gasteiger partial charge is 0.270 e. The van der Waals surface area contributed by atoms with Crippen molar-refractivity contribution in [2.75, 3.05) is 5.32 Å². The Bertz CT molecular complexity index is 814. The number of rotatable bonds is 3. The maximum Gasteiger partial charge on any atom is 0.270 e. The molecule has 1 heterocycles. The Hall–Kier alpha value is -2.58. The van der Waals surface area contributed by atoms with E-state index in [0.717, 1.165) is 10.4 Å². The highest BCUT2D eigenvalue weighted by Gasteiger charge is 2.15. The van der Waals surface area contributed by atoms with Crippen LogP contribution in [0.15, 0.2) is 47.7 Å². The lowest BCUT2D eigenvalue weighted by atomic mass is 9.86. The molecule has 1 aromatic heterocycles. The van der Waals surface area contributed by atoms with E-state index < -0.39 is 5.91 Å². The van der Waals surface area contributed by atoms with Crippen molar-refractivity contribution in [1.82, 2.24) is 0 Å². The van der Waals surface area contributed by atoms with Crippen LogP contribution < -0.4 is 5.32 Å². The number of thiophene rings is 1. The van der Waals surface area contributed by atoms with Gasteiger partial charge in [0.1, 0.15) is 11.8 Å². The molecule has 1 amide bonds. The third kappa shape index (κ3) is 4.03. The van der Waals surface area contributed by atoms with Crippen molar-refractivity contribution < 1.29 is 9.90 Å². The zero-order chi connectivity index (χ0) is 17.9. The molecule has 5 heteroatoms. The van der Waals surface area contributed by atoms with Crippen LogP contribution in [0, 0.1) is 11.3 Å². The van der Waals surface area contributed by atoms with E-state index in [2.05, 4.69) is 50.4 Å². The molecule has 4 nitrogen and oxygen atoms in total. The predicted molar refractivity (Wildman–Crippen MR) is 98.0 cm³/mol. The molecule has 0 spiro atoms. The zero-order valence-electron chi connectivity index (χ0n) is 14.2. The van der Waals surface area contributed by atoms with Gasteiger partial charge in [-0.05, 0) is 35.6 Å². The van der Waals surface area contributed by atoms with E-state index >= 15 is 0 Å². The maximum absolute atomic E-state index is 11.9. The first-order valence-electron chi connectivity index (χ1n) is 7.54. The summed E-state index contributed by atoms with van der Waals surface area (Å²) < 4.78 is 0. The molecule has 0 aliphatic carbocycles. The fraction of sp³-hybridized carbons (Fsp3) is 0.263. The van der Waals surface area contributed by atoms with Gasteiger partial charge >= 0.3 is 0 Å². The van der Waals surface area contributed by atoms with Gasteiger partial charge in [-0.15, -0.1) is 11.3 Å². The summed E-state index contributed by atoms with van der Waals surface area (Å²) in [7, 11) is 0. The molecule has 2 N–H and O–H groups in total. The molecule has 0 saturated carbocycles. The van der Waals surface area contributed by atoms with E-state index in [1.165, 1.54) is 23.8 Å². The second-order valence-electron chi connectivity index (χ2n) is 6.52. The SMILES string of the molecule is CC(O)=C(C#N)C(=O)Nc1ccc(-c2ccc(C(C)(C)C)cc2)s1. The summed E-state index contributed by atoms with van der Waals surface area (Å²) in [6.07, 6.45) is 0. The normalized spacial score (nSPS) is 12.3. The van der Waals surface area contributed by atoms with Crippen molar-refractivity contribution in [1.29, 1.82) is 5.26 Å². The number of aliphatic hydroxyl groups is 1. The summed E-state index contributed by atoms with van der Waals surface area (Å²) in [5, 5.41) is 21.5. The minimum atomic E-state index is -0.603. The van der Waals surface area contributed by atoms with Crippen LogP contribution in [0.1, 0.15) is 33.3 Å². The van der Waals surface area contributed by atoms with Gasteiger partial charge in [0.15, 0.2) is 5.57 Å². The minimum Gasteiger partial charge on any atom is -0.511 e. The van der Waals surface area contributed by atoms with Gasteiger partial charge in [-0.1, -0.05) is 45.0 Å². The molecule has 0 bridgehead atoms. The van der Waals surface area contributed by atoms with Crippen LogP contribution in [-0.2, 0) is 10.2 Å². The lowest BCUT2D eigenvalue weighted by Gasteiger charge is -2.18. The number of aliphatic hydroxyl groups excluding tert-OH is 1. The van der Waals surface area contributed by atoms with Crippen LogP contribution in [0.4, 0.5) is 5.00 Å². The van der Waals surface area contributed by atoms with Crippen molar-refractivity contribution in [2.45, 2.75) is 33.1 Å². The molecule has 0 saturated heterocycles. The van der Waals surface area contributed by atoms with E-state index in [0.29, 0.717) is 5.00 Å². The number of hydrogen-bond donors (Lipinski definition) is 2. The highest BCUT2D eigenvalue weighted by Crippen LogP contribution is 2.33. The number of carbonyl (C=O) groups excluding carboxylic acids is 1. The van der Waals surface area contributed by atoms with Crippen LogP contribution in [0.25, 0.3) is 10.4 Å². The largest absolute Gasteiger partial charge is 0.511 e. The molecule has 124 valence electrons.